The van der Waals surface area contributed by atoms with Gasteiger partial charge in [0.05, 0.1) is 0 Å². The van der Waals surface area contributed by atoms with Crippen LogP contribution in [0.5, 0.6) is 0 Å². The fourth-order valence-electron chi connectivity index (χ4n) is 1.09. The Morgan fingerprint density at radius 3 is 2.00 bits per heavy atom. The molecule has 0 heterocycles. The van der Waals surface area contributed by atoms with Crippen LogP contribution in [0.15, 0.2) is 30.3 Å². The molecule has 12 heavy (non-hydrogen) atoms. The minimum atomic E-state index is 0. The van der Waals surface area contributed by atoms with E-state index in [0.717, 1.165) is 32.4 Å². The summed E-state index contributed by atoms with van der Waals surface area (Å²) in [6.07, 6.45) is 0. The van der Waals surface area contributed by atoms with E-state index in [2.05, 4.69) is 44.2 Å². The van der Waals surface area contributed by atoms with Gasteiger partial charge >= 0.3 is 82.1 Å². The summed E-state index contributed by atoms with van der Waals surface area (Å²) in [5.74, 6) is 0.809. The van der Waals surface area contributed by atoms with Gasteiger partial charge in [0.25, 0.3) is 0 Å². The monoisotopic (exact) mass is 273 g/mol. The van der Waals surface area contributed by atoms with Crippen LogP contribution in [0.25, 0.3) is 0 Å². The molecule has 1 nitrogen and oxygen atoms in total. The predicted octanol–water partition coefficient (Wildman–Crippen LogP) is 1.19. The molecular weight excluding hydrogens is 255 g/mol. The molecular formula is C10H17OSn. The van der Waals surface area contributed by atoms with E-state index in [1.165, 1.54) is 5.56 Å². The van der Waals surface area contributed by atoms with Crippen molar-refractivity contribution in [3.63, 3.8) is 0 Å². The molecule has 1 rings (SSSR count). The van der Waals surface area contributed by atoms with Crippen LogP contribution in [-0.4, -0.2) is 28.0 Å². The molecule has 2 heteroatoms. The molecule has 2 N–H and O–H groups in total. The van der Waals surface area contributed by atoms with Crippen molar-refractivity contribution in [1.82, 2.24) is 0 Å². The molecule has 0 fully saturated rings. The van der Waals surface area contributed by atoms with E-state index >= 15 is 0 Å². The molecule has 67 valence electrons. The first-order chi connectivity index (χ1) is 5.22. The molecule has 0 aliphatic heterocycles. The summed E-state index contributed by atoms with van der Waals surface area (Å²) in [6.45, 7) is 4.61. The molecule has 1 aromatic carbocycles. The number of hydrogen-bond acceptors (Lipinski definition) is 0. The summed E-state index contributed by atoms with van der Waals surface area (Å²) in [7, 11) is 0. The minimum Gasteiger partial charge on any atom is -0.412 e. The van der Waals surface area contributed by atoms with Crippen LogP contribution in [0, 0.1) is 5.92 Å². The van der Waals surface area contributed by atoms with E-state index in [1.54, 1.807) is 0 Å². The molecule has 0 amide bonds. The van der Waals surface area contributed by atoms with Crippen molar-refractivity contribution in [2.75, 3.05) is 0 Å². The summed E-state index contributed by atoms with van der Waals surface area (Å²) in [6, 6.07) is 10.8. The zero-order valence-corrected chi connectivity index (χ0v) is 11.8. The van der Waals surface area contributed by atoms with Gasteiger partial charge in [-0.25, -0.2) is 0 Å². The molecule has 0 saturated heterocycles. The summed E-state index contributed by atoms with van der Waals surface area (Å²) < 4.78 is 0.847. The Bertz CT molecular complexity index is 208. The third kappa shape index (κ3) is 3.15. The van der Waals surface area contributed by atoms with Gasteiger partial charge in [-0.15, -0.1) is 0 Å². The first-order valence-electron chi connectivity index (χ1n) is 4.10. The fourth-order valence-corrected chi connectivity index (χ4v) is 1.86. The van der Waals surface area contributed by atoms with Crippen LogP contribution in [0.2, 0.25) is 0 Å². The Morgan fingerprint density at radius 2 is 1.58 bits per heavy atom. The first kappa shape index (κ1) is 12.0. The second kappa shape index (κ2) is 5.59. The van der Waals surface area contributed by atoms with Crippen molar-refractivity contribution in [2.45, 2.75) is 17.8 Å². The van der Waals surface area contributed by atoms with Crippen LogP contribution in [0.3, 0.4) is 0 Å². The van der Waals surface area contributed by atoms with E-state index in [1.807, 2.05) is 0 Å². The Kier molecular flexibility index (Phi) is 5.58. The molecule has 0 aliphatic carbocycles. The molecule has 1 unspecified atom stereocenters. The molecule has 0 saturated carbocycles. The zero-order chi connectivity index (χ0) is 8.27. The Balaban J connectivity index is 0.00000121. The first-order valence-corrected chi connectivity index (χ1v) is 6.43. The number of rotatable bonds is 2. The second-order valence-corrected chi connectivity index (χ2v) is 5.77. The maximum atomic E-state index is 2.30. The van der Waals surface area contributed by atoms with Gasteiger partial charge in [-0.2, -0.15) is 0 Å². The van der Waals surface area contributed by atoms with Crippen molar-refractivity contribution in [3.05, 3.63) is 35.9 Å². The van der Waals surface area contributed by atoms with E-state index in [4.69, 9.17) is 0 Å². The molecule has 0 bridgehead atoms. The molecule has 0 aromatic heterocycles. The van der Waals surface area contributed by atoms with Crippen molar-refractivity contribution >= 4 is 22.5 Å². The van der Waals surface area contributed by atoms with Crippen molar-refractivity contribution in [3.8, 4) is 0 Å². The van der Waals surface area contributed by atoms with Crippen molar-refractivity contribution in [2.24, 2.45) is 5.92 Å². The molecule has 1 atom stereocenters. The normalized spacial score (nSPS) is 12.3. The third-order valence-electron chi connectivity index (χ3n) is 2.03. The molecule has 0 spiro atoms. The fraction of sp³-hybridized carbons (Fsp3) is 0.400. The van der Waals surface area contributed by atoms with Gasteiger partial charge in [0.2, 0.25) is 0 Å². The largest absolute Gasteiger partial charge is 0.412 e. The topological polar surface area (TPSA) is 31.5 Å². The Hall–Kier alpha value is -0.0213. The van der Waals surface area contributed by atoms with Crippen LogP contribution in [0.4, 0.5) is 0 Å². The van der Waals surface area contributed by atoms with Crippen LogP contribution < -0.4 is 0 Å². The summed E-state index contributed by atoms with van der Waals surface area (Å²) in [5, 5.41) is 0. The minimum absolute atomic E-state index is 0. The Morgan fingerprint density at radius 1 is 1.08 bits per heavy atom. The predicted molar refractivity (Wildman–Crippen MR) is 56.2 cm³/mol. The average molecular weight is 272 g/mol. The molecule has 0 aliphatic rings. The number of benzene rings is 1. The van der Waals surface area contributed by atoms with Crippen LogP contribution in [0.1, 0.15) is 23.3 Å². The quantitative estimate of drug-likeness (QED) is 0.724. The average Bonchev–Trinajstić information content (AvgIpc) is 2.05. The molecule has 1 aromatic rings. The van der Waals surface area contributed by atoms with Gasteiger partial charge in [-0.3, -0.25) is 0 Å². The van der Waals surface area contributed by atoms with E-state index in [-0.39, 0.29) is 5.48 Å². The summed E-state index contributed by atoms with van der Waals surface area (Å²) >= 11 is 1.03. The third-order valence-corrected chi connectivity index (χ3v) is 6.07. The molecule has 1 radical (unpaired) electrons. The van der Waals surface area contributed by atoms with Gasteiger partial charge in [0.15, 0.2) is 0 Å². The number of hydrogen-bond donors (Lipinski definition) is 0. The Labute approximate surface area is 87.6 Å². The van der Waals surface area contributed by atoms with Gasteiger partial charge in [-0.1, -0.05) is 0 Å². The second-order valence-electron chi connectivity index (χ2n) is 3.26. The maximum Gasteiger partial charge on any atom is -0.412 e. The van der Waals surface area contributed by atoms with Gasteiger partial charge < -0.3 is 5.48 Å². The maximum absolute atomic E-state index is 2.30. The summed E-state index contributed by atoms with van der Waals surface area (Å²) in [4.78, 5) is 0. The van der Waals surface area contributed by atoms with Crippen LogP contribution in [-0.2, 0) is 0 Å². The van der Waals surface area contributed by atoms with E-state index in [9.17, 15) is 0 Å². The standard InChI is InChI=1S/C10H13.H2O.Sn.2H/c1-9(2)8-10-6-4-3-5-7-10;;;;/h3-9H,1-2H3;1H2;;;. The van der Waals surface area contributed by atoms with E-state index in [0.29, 0.717) is 0 Å². The van der Waals surface area contributed by atoms with Gasteiger partial charge in [-0.05, 0) is 0 Å². The smallest absolute Gasteiger partial charge is 0.412 e. The van der Waals surface area contributed by atoms with Crippen molar-refractivity contribution in [1.29, 1.82) is 0 Å². The van der Waals surface area contributed by atoms with E-state index < -0.39 is 0 Å². The van der Waals surface area contributed by atoms with Gasteiger partial charge in [0.1, 0.15) is 0 Å². The van der Waals surface area contributed by atoms with Gasteiger partial charge in [0, 0.05) is 0 Å². The van der Waals surface area contributed by atoms with Crippen LogP contribution >= 0.6 is 0 Å². The SMILES string of the molecule is CC(C)[CH]([SnH2])c1ccccc1.O. The summed E-state index contributed by atoms with van der Waals surface area (Å²) in [5.41, 5.74) is 1.52. The zero-order valence-electron chi connectivity index (χ0n) is 7.75. The van der Waals surface area contributed by atoms with Crippen molar-refractivity contribution < 1.29 is 5.48 Å².